The Balaban J connectivity index is 1.19. The minimum absolute atomic E-state index is 0.0718. The van der Waals surface area contributed by atoms with Gasteiger partial charge in [-0.15, -0.1) is 5.10 Å². The minimum Gasteiger partial charge on any atom is -0.432 e. The van der Waals surface area contributed by atoms with Crippen molar-refractivity contribution in [3.63, 3.8) is 0 Å². The van der Waals surface area contributed by atoms with Gasteiger partial charge in [-0.05, 0) is 48.8 Å². The second-order valence-electron chi connectivity index (χ2n) is 14.0. The quantitative estimate of drug-likeness (QED) is 0.0996. The molecule has 50 heavy (non-hydrogen) atoms. The molecule has 4 aromatic rings. The summed E-state index contributed by atoms with van der Waals surface area (Å²) in [7, 11) is -2.99. The van der Waals surface area contributed by atoms with Crippen molar-refractivity contribution in [2.75, 3.05) is 23.0 Å². The smallest absolute Gasteiger partial charge is 0.269 e. The largest absolute Gasteiger partial charge is 0.432 e. The molecule has 3 aliphatic heterocycles. The standard InChI is InChI=1S/C36H40N6O7Si/c1-23-34(50(2,3)48)32(15-17-39-21-30(37-38-39)28(22-43)25-7-5-4-6-8-25)49-36(23)29-19-27(42(46)47)13-14-31(29)41(35(36)45)20-24-9-11-26(12-10-24)40-18-16-33(40)44/h4-14,19,21,23,28,32,34,43,48H,15-18,20,22H2,1-3H3/t23-,28?,32+,34-,36+/m1/s1. The topological polar surface area (TPSA) is 164 Å². The van der Waals surface area contributed by atoms with Crippen LogP contribution in [-0.4, -0.2) is 69.2 Å². The number of fused-ring (bicyclic) bond motifs is 2. The number of ether oxygens (including phenoxy) is 1. The number of carbonyl (C=O) groups is 2. The van der Waals surface area contributed by atoms with Crippen LogP contribution in [0.3, 0.4) is 0 Å². The third-order valence-corrected chi connectivity index (χ3v) is 13.1. The molecule has 1 spiro atoms. The van der Waals surface area contributed by atoms with Crippen molar-refractivity contribution >= 4 is 37.2 Å². The number of rotatable bonds is 11. The summed E-state index contributed by atoms with van der Waals surface area (Å²) in [6.45, 7) is 6.68. The third-order valence-electron chi connectivity index (χ3n) is 10.6. The summed E-state index contributed by atoms with van der Waals surface area (Å²) in [5.74, 6) is -1.09. The van der Waals surface area contributed by atoms with Crippen molar-refractivity contribution in [2.24, 2.45) is 5.92 Å². The molecule has 13 nitrogen and oxygen atoms in total. The molecule has 2 saturated heterocycles. The van der Waals surface area contributed by atoms with Crippen LogP contribution in [0, 0.1) is 16.0 Å². The van der Waals surface area contributed by atoms with Gasteiger partial charge < -0.3 is 24.4 Å². The van der Waals surface area contributed by atoms with Crippen LogP contribution < -0.4 is 9.80 Å². The Morgan fingerprint density at radius 3 is 2.46 bits per heavy atom. The fraction of sp³-hybridized carbons (Fsp3) is 0.389. The van der Waals surface area contributed by atoms with E-state index in [9.17, 15) is 29.6 Å². The molecule has 2 amide bonds. The zero-order valence-electron chi connectivity index (χ0n) is 28.2. The van der Waals surface area contributed by atoms with Gasteiger partial charge in [0.1, 0.15) is 0 Å². The summed E-state index contributed by atoms with van der Waals surface area (Å²) < 4.78 is 8.55. The van der Waals surface area contributed by atoms with Crippen LogP contribution in [0.2, 0.25) is 18.6 Å². The van der Waals surface area contributed by atoms with E-state index in [4.69, 9.17) is 4.74 Å². The number of aromatic nitrogens is 3. The zero-order chi connectivity index (χ0) is 35.4. The molecule has 260 valence electrons. The van der Waals surface area contributed by atoms with Crippen LogP contribution in [0.4, 0.5) is 17.1 Å². The van der Waals surface area contributed by atoms with Gasteiger partial charge in [0.25, 0.3) is 11.6 Å². The molecule has 3 aromatic carbocycles. The van der Waals surface area contributed by atoms with Crippen molar-refractivity contribution < 1.29 is 29.2 Å². The Morgan fingerprint density at radius 1 is 1.10 bits per heavy atom. The molecule has 1 unspecified atom stereocenters. The van der Waals surface area contributed by atoms with Crippen molar-refractivity contribution in [2.45, 2.75) is 69.1 Å². The molecule has 7 rings (SSSR count). The van der Waals surface area contributed by atoms with Gasteiger partial charge in [0.05, 0.1) is 41.5 Å². The van der Waals surface area contributed by atoms with Gasteiger partial charge in [-0.1, -0.05) is 54.6 Å². The molecule has 0 radical (unpaired) electrons. The number of β-lactam (4-membered cyclic amide) rings is 1. The van der Waals surface area contributed by atoms with Gasteiger partial charge in [-0.25, -0.2) is 0 Å². The first-order chi connectivity index (χ1) is 23.9. The highest BCUT2D eigenvalue weighted by molar-refractivity contribution is 6.71. The van der Waals surface area contributed by atoms with Gasteiger partial charge in [0, 0.05) is 60.5 Å². The van der Waals surface area contributed by atoms with Crippen molar-refractivity contribution in [1.29, 1.82) is 0 Å². The van der Waals surface area contributed by atoms with E-state index in [0.717, 1.165) is 16.8 Å². The number of hydrogen-bond acceptors (Lipinski definition) is 9. The van der Waals surface area contributed by atoms with Crippen molar-refractivity contribution in [1.82, 2.24) is 15.0 Å². The summed E-state index contributed by atoms with van der Waals surface area (Å²) in [5.41, 5.74) is 2.04. The Labute approximate surface area is 290 Å². The second-order valence-corrected chi connectivity index (χ2v) is 18.0. The number of non-ortho nitro benzene ring substituents is 1. The van der Waals surface area contributed by atoms with Crippen LogP contribution in [0.25, 0.3) is 0 Å². The van der Waals surface area contributed by atoms with Crippen LogP contribution in [-0.2, 0) is 33.0 Å². The predicted molar refractivity (Wildman–Crippen MR) is 187 cm³/mol. The highest BCUT2D eigenvalue weighted by atomic mass is 28.4. The number of carbonyl (C=O) groups excluding carboxylic acids is 2. The molecule has 2 fully saturated rings. The van der Waals surface area contributed by atoms with Crippen LogP contribution in [0.1, 0.15) is 48.1 Å². The number of hydrogen-bond donors (Lipinski definition) is 2. The molecule has 4 heterocycles. The van der Waals surface area contributed by atoms with E-state index >= 15 is 0 Å². The molecule has 2 N–H and O–H groups in total. The maximum atomic E-state index is 14.8. The highest BCUT2D eigenvalue weighted by Crippen LogP contribution is 2.60. The minimum atomic E-state index is -2.99. The van der Waals surface area contributed by atoms with E-state index in [-0.39, 0.29) is 42.1 Å². The summed E-state index contributed by atoms with van der Waals surface area (Å²) in [5, 5.41) is 30.7. The van der Waals surface area contributed by atoms with Gasteiger partial charge in [-0.3, -0.25) is 24.4 Å². The van der Waals surface area contributed by atoms with Gasteiger partial charge in [-0.2, -0.15) is 0 Å². The number of aliphatic hydroxyl groups excluding tert-OH is 1. The fourth-order valence-electron chi connectivity index (χ4n) is 8.05. The number of amides is 2. The first-order valence-electron chi connectivity index (χ1n) is 16.9. The molecule has 3 aliphatic rings. The van der Waals surface area contributed by atoms with Gasteiger partial charge >= 0.3 is 0 Å². The summed E-state index contributed by atoms with van der Waals surface area (Å²) in [6.07, 6.45) is 2.17. The molecule has 1 aromatic heterocycles. The molecule has 14 heteroatoms. The van der Waals surface area contributed by atoms with Crippen molar-refractivity contribution in [3.05, 3.63) is 111 Å². The van der Waals surface area contributed by atoms with Crippen molar-refractivity contribution in [3.8, 4) is 0 Å². The van der Waals surface area contributed by atoms with Gasteiger partial charge in [0.2, 0.25) is 5.91 Å². The lowest BCUT2D eigenvalue weighted by Crippen LogP contribution is -2.46. The normalized spacial score (nSPS) is 23.7. The average molecular weight is 697 g/mol. The summed E-state index contributed by atoms with van der Waals surface area (Å²) in [6, 6.07) is 21.5. The third kappa shape index (κ3) is 5.71. The Bertz CT molecular complexity index is 1930. The molecular weight excluding hydrogens is 657 g/mol. The van der Waals surface area contributed by atoms with E-state index in [1.54, 1.807) is 26.7 Å². The van der Waals surface area contributed by atoms with Crippen LogP contribution in [0.15, 0.2) is 79.0 Å². The molecule has 5 atom stereocenters. The van der Waals surface area contributed by atoms with Gasteiger partial charge in [0.15, 0.2) is 13.9 Å². The molecule has 0 saturated carbocycles. The molecular formula is C36H40N6O7Si. The second kappa shape index (κ2) is 12.8. The first-order valence-corrected chi connectivity index (χ1v) is 19.9. The number of aliphatic hydroxyl groups is 1. The maximum absolute atomic E-state index is 14.8. The summed E-state index contributed by atoms with van der Waals surface area (Å²) in [4.78, 5) is 53.2. The van der Waals surface area contributed by atoms with E-state index in [1.165, 1.54) is 12.1 Å². The Kier molecular flexibility index (Phi) is 8.66. The average Bonchev–Trinajstić information content (AvgIpc) is 3.74. The van der Waals surface area contributed by atoms with E-state index in [1.807, 2.05) is 74.6 Å². The predicted octanol–water partition coefficient (Wildman–Crippen LogP) is 4.48. The molecule has 0 bridgehead atoms. The monoisotopic (exact) mass is 696 g/mol. The van der Waals surface area contributed by atoms with E-state index in [0.29, 0.717) is 42.9 Å². The SMILES string of the molecule is C[C@@H]1[C@@H]([Si](C)(C)O)[C@H](CCn2cc(C(CO)c3ccccc3)nn2)O[C@@]12C(=O)N(Cc1ccc(N3CCC3=O)cc1)c1ccc([N+](=O)[O-])cc12. The lowest BCUT2D eigenvalue weighted by atomic mass is 9.82. The van der Waals surface area contributed by atoms with Crippen LogP contribution >= 0.6 is 0 Å². The number of benzene rings is 3. The number of anilines is 2. The summed E-state index contributed by atoms with van der Waals surface area (Å²) >= 11 is 0. The highest BCUT2D eigenvalue weighted by Gasteiger charge is 2.66. The zero-order valence-corrected chi connectivity index (χ0v) is 29.2. The molecule has 0 aliphatic carbocycles. The Hall–Kier alpha value is -4.76. The maximum Gasteiger partial charge on any atom is 0.269 e. The number of nitrogens with zero attached hydrogens (tertiary/aromatic N) is 6. The Morgan fingerprint density at radius 2 is 1.84 bits per heavy atom. The number of nitro groups is 1. The first kappa shape index (κ1) is 33.7. The van der Waals surface area contributed by atoms with E-state index in [2.05, 4.69) is 10.3 Å². The number of nitro benzene ring substituents is 1. The lowest BCUT2D eigenvalue weighted by molar-refractivity contribution is -0.385. The van der Waals surface area contributed by atoms with Crippen LogP contribution in [0.5, 0.6) is 0 Å². The fourth-order valence-corrected chi connectivity index (χ4v) is 10.7. The lowest BCUT2D eigenvalue weighted by Gasteiger charge is -2.32. The van der Waals surface area contributed by atoms with E-state index < -0.39 is 30.9 Å². The number of aryl methyl sites for hydroxylation is 1.